The van der Waals surface area contributed by atoms with Crippen LogP contribution in [0, 0.1) is 0 Å². The Kier molecular flexibility index (Phi) is 6.30. The van der Waals surface area contributed by atoms with E-state index >= 15 is 0 Å². The van der Waals surface area contributed by atoms with Crippen LogP contribution in [-0.4, -0.2) is 31.1 Å². The van der Waals surface area contributed by atoms with Crippen LogP contribution >= 0.6 is 22.9 Å². The highest BCUT2D eigenvalue weighted by Crippen LogP contribution is 2.31. The van der Waals surface area contributed by atoms with E-state index < -0.39 is 0 Å². The van der Waals surface area contributed by atoms with Crippen LogP contribution in [0.3, 0.4) is 0 Å². The highest BCUT2D eigenvalue weighted by Gasteiger charge is 2.18. The lowest BCUT2D eigenvalue weighted by atomic mass is 10.2. The molecule has 2 rings (SSSR count). The molecule has 0 aliphatic heterocycles. The fourth-order valence-corrected chi connectivity index (χ4v) is 3.26. The van der Waals surface area contributed by atoms with Gasteiger partial charge >= 0.3 is 0 Å². The van der Waals surface area contributed by atoms with Crippen molar-refractivity contribution >= 4 is 22.9 Å². The maximum atomic E-state index is 6.06. The largest absolute Gasteiger partial charge is 0.467 e. The Morgan fingerprint density at radius 2 is 2.14 bits per heavy atom. The monoisotopic (exact) mass is 326 g/mol. The second-order valence-electron chi connectivity index (χ2n) is 5.47. The Morgan fingerprint density at radius 3 is 2.71 bits per heavy atom. The van der Waals surface area contributed by atoms with Crippen molar-refractivity contribution in [3.63, 3.8) is 0 Å². The van der Waals surface area contributed by atoms with E-state index in [2.05, 4.69) is 37.2 Å². The van der Waals surface area contributed by atoms with Crippen LogP contribution in [-0.2, 0) is 0 Å². The molecule has 0 saturated carbocycles. The predicted octanol–water partition coefficient (Wildman–Crippen LogP) is 4.40. The minimum absolute atomic E-state index is 0.0851. The molecule has 1 atom stereocenters. The van der Waals surface area contributed by atoms with Crippen LogP contribution < -0.4 is 5.32 Å². The van der Waals surface area contributed by atoms with Gasteiger partial charge in [0.2, 0.25) is 0 Å². The zero-order chi connectivity index (χ0) is 15.2. The van der Waals surface area contributed by atoms with E-state index in [1.165, 1.54) is 4.88 Å². The summed E-state index contributed by atoms with van der Waals surface area (Å²) < 4.78 is 6.37. The normalized spacial score (nSPS) is 13.2. The Bertz CT molecular complexity index is 524. The predicted molar refractivity (Wildman–Crippen MR) is 90.3 cm³/mol. The van der Waals surface area contributed by atoms with E-state index in [9.17, 15) is 0 Å². The molecule has 0 aliphatic rings. The molecule has 5 heteroatoms. The zero-order valence-corrected chi connectivity index (χ0v) is 14.4. The fourth-order valence-electron chi connectivity index (χ4n) is 2.11. The van der Waals surface area contributed by atoms with Gasteiger partial charge < -0.3 is 14.6 Å². The molecular formula is C16H23ClN2OS. The summed E-state index contributed by atoms with van der Waals surface area (Å²) in [7, 11) is 2.16. The summed E-state index contributed by atoms with van der Waals surface area (Å²) in [5.74, 6) is 0.936. The SMILES string of the molecule is CC(C)N(C)CCCNC(c1ccco1)c1ccc(Cl)s1. The highest BCUT2D eigenvalue weighted by atomic mass is 35.5. The second kappa shape index (κ2) is 7.99. The van der Waals surface area contributed by atoms with Crippen molar-refractivity contribution in [2.45, 2.75) is 32.4 Å². The van der Waals surface area contributed by atoms with Crippen LogP contribution in [0.15, 0.2) is 34.9 Å². The number of hydrogen-bond acceptors (Lipinski definition) is 4. The average molecular weight is 327 g/mol. The van der Waals surface area contributed by atoms with Gasteiger partial charge in [0.15, 0.2) is 0 Å². The third-order valence-electron chi connectivity index (χ3n) is 3.62. The van der Waals surface area contributed by atoms with Gasteiger partial charge in [-0.05, 0) is 64.7 Å². The van der Waals surface area contributed by atoms with Crippen molar-refractivity contribution in [2.75, 3.05) is 20.1 Å². The average Bonchev–Trinajstić information content (AvgIpc) is 3.10. The molecule has 1 N–H and O–H groups in total. The van der Waals surface area contributed by atoms with Gasteiger partial charge in [-0.15, -0.1) is 11.3 Å². The molecule has 2 aromatic heterocycles. The summed E-state index contributed by atoms with van der Waals surface area (Å²) in [6.45, 7) is 6.46. The number of nitrogens with zero attached hydrogens (tertiary/aromatic N) is 1. The lowest BCUT2D eigenvalue weighted by Crippen LogP contribution is -2.30. The van der Waals surface area contributed by atoms with Gasteiger partial charge in [0.05, 0.1) is 10.6 Å². The quantitative estimate of drug-likeness (QED) is 0.729. The van der Waals surface area contributed by atoms with E-state index in [0.29, 0.717) is 6.04 Å². The molecule has 0 spiro atoms. The Hall–Kier alpha value is -0.810. The molecule has 0 bridgehead atoms. The van der Waals surface area contributed by atoms with Crippen LogP contribution in [0.25, 0.3) is 0 Å². The molecule has 1 unspecified atom stereocenters. The lowest BCUT2D eigenvalue weighted by molar-refractivity contribution is 0.268. The first kappa shape index (κ1) is 16.6. The first-order valence-corrected chi connectivity index (χ1v) is 8.49. The van der Waals surface area contributed by atoms with Crippen LogP contribution in [0.2, 0.25) is 4.34 Å². The Balaban J connectivity index is 1.92. The zero-order valence-electron chi connectivity index (χ0n) is 12.8. The van der Waals surface area contributed by atoms with Gasteiger partial charge in [0, 0.05) is 10.9 Å². The first-order valence-electron chi connectivity index (χ1n) is 7.30. The molecule has 0 saturated heterocycles. The van der Waals surface area contributed by atoms with Gasteiger partial charge in [-0.25, -0.2) is 0 Å². The molecule has 0 aliphatic carbocycles. The Labute approximate surface area is 135 Å². The fraction of sp³-hybridized carbons (Fsp3) is 0.500. The molecule has 0 aromatic carbocycles. The summed E-state index contributed by atoms with van der Waals surface area (Å²) >= 11 is 7.65. The molecule has 3 nitrogen and oxygen atoms in total. The number of furan rings is 1. The number of halogens is 1. The summed E-state index contributed by atoms with van der Waals surface area (Å²) in [5.41, 5.74) is 0. The van der Waals surface area contributed by atoms with Crippen LogP contribution in [0.1, 0.15) is 36.9 Å². The minimum atomic E-state index is 0.0851. The summed E-state index contributed by atoms with van der Waals surface area (Å²) in [5, 5.41) is 3.58. The van der Waals surface area contributed by atoms with E-state index in [0.717, 1.165) is 29.6 Å². The lowest BCUT2D eigenvalue weighted by Gasteiger charge is -2.21. The maximum Gasteiger partial charge on any atom is 0.126 e. The first-order chi connectivity index (χ1) is 10.1. The van der Waals surface area contributed by atoms with Gasteiger partial charge in [-0.3, -0.25) is 0 Å². The van der Waals surface area contributed by atoms with E-state index in [-0.39, 0.29) is 6.04 Å². The van der Waals surface area contributed by atoms with E-state index in [1.807, 2.05) is 18.2 Å². The smallest absolute Gasteiger partial charge is 0.126 e. The molecule has 2 aromatic rings. The van der Waals surface area contributed by atoms with Crippen molar-refractivity contribution in [1.29, 1.82) is 0 Å². The maximum absolute atomic E-state index is 6.06. The van der Waals surface area contributed by atoms with E-state index in [1.54, 1.807) is 17.6 Å². The molecule has 2 heterocycles. The molecule has 0 radical (unpaired) electrons. The Morgan fingerprint density at radius 1 is 1.33 bits per heavy atom. The molecule has 0 amide bonds. The van der Waals surface area contributed by atoms with Gasteiger partial charge in [0.1, 0.15) is 11.8 Å². The number of hydrogen-bond donors (Lipinski definition) is 1. The van der Waals surface area contributed by atoms with Crippen molar-refractivity contribution in [3.05, 3.63) is 45.5 Å². The third-order valence-corrected chi connectivity index (χ3v) is 4.92. The van der Waals surface area contributed by atoms with Gasteiger partial charge in [0.25, 0.3) is 0 Å². The van der Waals surface area contributed by atoms with E-state index in [4.69, 9.17) is 16.0 Å². The number of rotatable bonds is 8. The van der Waals surface area contributed by atoms with Crippen LogP contribution in [0.4, 0.5) is 0 Å². The summed E-state index contributed by atoms with van der Waals surface area (Å²) in [6.07, 6.45) is 2.82. The summed E-state index contributed by atoms with van der Waals surface area (Å²) in [6, 6.07) is 8.60. The standard InChI is InChI=1S/C16H23ClN2OS/c1-12(2)19(3)10-5-9-18-16(13-6-4-11-20-13)14-7-8-15(17)21-14/h4,6-8,11-12,16,18H,5,9-10H2,1-3H3. The molecule has 0 fully saturated rings. The molecule has 21 heavy (non-hydrogen) atoms. The van der Waals surface area contributed by atoms with Crippen molar-refractivity contribution < 1.29 is 4.42 Å². The summed E-state index contributed by atoms with van der Waals surface area (Å²) in [4.78, 5) is 3.54. The van der Waals surface area contributed by atoms with Gasteiger partial charge in [-0.1, -0.05) is 11.6 Å². The highest BCUT2D eigenvalue weighted by molar-refractivity contribution is 7.16. The van der Waals surface area contributed by atoms with Crippen LogP contribution in [0.5, 0.6) is 0 Å². The molecule has 116 valence electrons. The number of thiophene rings is 1. The third kappa shape index (κ3) is 4.85. The second-order valence-corrected chi connectivity index (χ2v) is 7.22. The van der Waals surface area contributed by atoms with Crippen molar-refractivity contribution in [2.24, 2.45) is 0 Å². The van der Waals surface area contributed by atoms with Crippen molar-refractivity contribution in [1.82, 2.24) is 10.2 Å². The number of nitrogens with one attached hydrogen (secondary N) is 1. The van der Waals surface area contributed by atoms with Gasteiger partial charge in [-0.2, -0.15) is 0 Å². The minimum Gasteiger partial charge on any atom is -0.467 e. The molecular weight excluding hydrogens is 304 g/mol. The van der Waals surface area contributed by atoms with Crippen molar-refractivity contribution in [3.8, 4) is 0 Å². The topological polar surface area (TPSA) is 28.4 Å².